The van der Waals surface area contributed by atoms with Crippen LogP contribution in [0.25, 0.3) is 0 Å². The van der Waals surface area contributed by atoms with Gasteiger partial charge < -0.3 is 0 Å². The third-order valence-corrected chi connectivity index (χ3v) is 3.44. The van der Waals surface area contributed by atoms with E-state index in [9.17, 15) is 8.42 Å². The van der Waals surface area contributed by atoms with Crippen molar-refractivity contribution in [3.05, 3.63) is 35.9 Å². The second-order valence-corrected chi connectivity index (χ2v) is 5.21. The Balaban J connectivity index is 2.70. The van der Waals surface area contributed by atoms with Gasteiger partial charge in [0.2, 0.25) is 10.0 Å². The van der Waals surface area contributed by atoms with Gasteiger partial charge in [0, 0.05) is 0 Å². The van der Waals surface area contributed by atoms with Crippen molar-refractivity contribution < 1.29 is 8.42 Å². The highest BCUT2D eigenvalue weighted by Crippen LogP contribution is 2.05. The van der Waals surface area contributed by atoms with E-state index < -0.39 is 16.1 Å². The van der Waals surface area contributed by atoms with E-state index in [1.165, 1.54) is 0 Å². The molecule has 1 aromatic rings. The second-order valence-electron chi connectivity index (χ2n) is 3.45. The molecule has 0 fully saturated rings. The fourth-order valence-corrected chi connectivity index (χ4v) is 2.62. The Morgan fingerprint density at radius 1 is 1.38 bits per heavy atom. The molecule has 0 aromatic heterocycles. The summed E-state index contributed by atoms with van der Waals surface area (Å²) >= 11 is 0. The molecule has 0 radical (unpaired) electrons. The topological polar surface area (TPSA) is 70.0 Å². The van der Waals surface area contributed by atoms with Gasteiger partial charge in [0.25, 0.3) is 0 Å². The molecule has 0 bridgehead atoms. The van der Waals surface area contributed by atoms with Gasteiger partial charge in [-0.15, -0.1) is 0 Å². The molecule has 16 heavy (non-hydrogen) atoms. The first-order chi connectivity index (χ1) is 7.57. The van der Waals surface area contributed by atoms with E-state index in [1.807, 2.05) is 12.1 Å². The molecule has 0 saturated heterocycles. The van der Waals surface area contributed by atoms with Crippen LogP contribution in [-0.2, 0) is 15.8 Å². The molecular formula is C11H14N2O2S. The lowest BCUT2D eigenvalue weighted by atomic mass is 10.2. The maximum Gasteiger partial charge on any atom is 0.216 e. The van der Waals surface area contributed by atoms with Gasteiger partial charge >= 0.3 is 0 Å². The zero-order chi connectivity index (χ0) is 12.0. The van der Waals surface area contributed by atoms with Crippen LogP contribution < -0.4 is 4.72 Å². The molecule has 1 atom stereocenters. The van der Waals surface area contributed by atoms with E-state index in [0.29, 0.717) is 12.0 Å². The molecule has 0 spiro atoms. The summed E-state index contributed by atoms with van der Waals surface area (Å²) in [7, 11) is -3.43. The number of rotatable bonds is 5. The highest BCUT2D eigenvalue weighted by atomic mass is 32.2. The van der Waals surface area contributed by atoms with Crippen molar-refractivity contribution >= 4 is 10.0 Å². The molecule has 0 aliphatic rings. The molecule has 1 N–H and O–H groups in total. The summed E-state index contributed by atoms with van der Waals surface area (Å²) in [4.78, 5) is 0. The Kier molecular flexibility index (Phi) is 4.47. The number of benzene rings is 1. The Hall–Kier alpha value is -1.38. The Bertz CT molecular complexity index is 463. The minimum absolute atomic E-state index is 0.0913. The number of nitrogens with zero attached hydrogens (tertiary/aromatic N) is 1. The third kappa shape index (κ3) is 4.01. The average molecular weight is 238 g/mol. The van der Waals surface area contributed by atoms with Crippen molar-refractivity contribution in [2.75, 3.05) is 0 Å². The molecule has 0 aliphatic heterocycles. The summed E-state index contributed by atoms with van der Waals surface area (Å²) in [5, 5.41) is 8.68. The summed E-state index contributed by atoms with van der Waals surface area (Å²) in [5.41, 5.74) is 0.711. The van der Waals surface area contributed by atoms with Crippen LogP contribution in [0.5, 0.6) is 0 Å². The summed E-state index contributed by atoms with van der Waals surface area (Å²) in [6, 6.07) is 10.1. The normalized spacial score (nSPS) is 13.0. The van der Waals surface area contributed by atoms with Crippen molar-refractivity contribution in [2.45, 2.75) is 25.1 Å². The van der Waals surface area contributed by atoms with Crippen molar-refractivity contribution in [1.82, 2.24) is 4.72 Å². The summed E-state index contributed by atoms with van der Waals surface area (Å²) in [5.74, 6) is -0.0913. The zero-order valence-corrected chi connectivity index (χ0v) is 9.87. The van der Waals surface area contributed by atoms with Crippen molar-refractivity contribution in [3.8, 4) is 6.07 Å². The first-order valence-electron chi connectivity index (χ1n) is 5.01. The standard InChI is InChI=1S/C11H14N2O2S/c1-2-11(8-12)13-16(14,15)9-10-6-4-3-5-7-10/h3-7,11,13H,2,9H2,1H3. The van der Waals surface area contributed by atoms with Crippen LogP contribution >= 0.6 is 0 Å². The molecule has 1 unspecified atom stereocenters. The van der Waals surface area contributed by atoms with Gasteiger partial charge in [0.15, 0.2) is 0 Å². The Labute approximate surface area is 96.0 Å². The SMILES string of the molecule is CCC(C#N)NS(=O)(=O)Cc1ccccc1. The third-order valence-electron chi connectivity index (χ3n) is 2.09. The fraction of sp³-hybridized carbons (Fsp3) is 0.364. The van der Waals surface area contributed by atoms with E-state index in [4.69, 9.17) is 5.26 Å². The monoisotopic (exact) mass is 238 g/mol. The van der Waals surface area contributed by atoms with E-state index in [1.54, 1.807) is 31.2 Å². The van der Waals surface area contributed by atoms with Gasteiger partial charge in [-0.05, 0) is 12.0 Å². The predicted octanol–water partition coefficient (Wildman–Crippen LogP) is 1.41. The number of nitriles is 1. The van der Waals surface area contributed by atoms with Crippen LogP contribution in [0.4, 0.5) is 0 Å². The van der Waals surface area contributed by atoms with Gasteiger partial charge in [-0.1, -0.05) is 37.3 Å². The highest BCUT2D eigenvalue weighted by molar-refractivity contribution is 7.88. The lowest BCUT2D eigenvalue weighted by molar-refractivity contribution is 0.568. The van der Waals surface area contributed by atoms with Gasteiger partial charge in [-0.2, -0.15) is 9.98 Å². The second kappa shape index (κ2) is 5.64. The number of hydrogen-bond donors (Lipinski definition) is 1. The van der Waals surface area contributed by atoms with Gasteiger partial charge in [0.05, 0.1) is 11.8 Å². The molecule has 1 aromatic carbocycles. The number of sulfonamides is 1. The summed E-state index contributed by atoms with van der Waals surface area (Å²) < 4.78 is 25.7. The molecule has 0 aliphatic carbocycles. The Morgan fingerprint density at radius 3 is 2.50 bits per heavy atom. The van der Waals surface area contributed by atoms with Crippen LogP contribution in [-0.4, -0.2) is 14.5 Å². The molecule has 0 saturated carbocycles. The predicted molar refractivity (Wildman–Crippen MR) is 61.9 cm³/mol. The smallest absolute Gasteiger partial charge is 0.212 e. The van der Waals surface area contributed by atoms with Gasteiger partial charge in [-0.25, -0.2) is 8.42 Å². The first-order valence-corrected chi connectivity index (χ1v) is 6.66. The van der Waals surface area contributed by atoms with E-state index in [-0.39, 0.29) is 5.75 Å². The highest BCUT2D eigenvalue weighted by Gasteiger charge is 2.16. The lowest BCUT2D eigenvalue weighted by Gasteiger charge is -2.09. The van der Waals surface area contributed by atoms with Crippen LogP contribution in [0.2, 0.25) is 0 Å². The molecule has 4 nitrogen and oxygen atoms in total. The molecule has 0 amide bonds. The van der Waals surface area contributed by atoms with Gasteiger partial charge in [-0.3, -0.25) is 0 Å². The molecular weight excluding hydrogens is 224 g/mol. The minimum atomic E-state index is -3.43. The minimum Gasteiger partial charge on any atom is -0.212 e. The number of hydrogen-bond acceptors (Lipinski definition) is 3. The van der Waals surface area contributed by atoms with E-state index >= 15 is 0 Å². The van der Waals surface area contributed by atoms with Crippen molar-refractivity contribution in [3.63, 3.8) is 0 Å². The summed E-state index contributed by atoms with van der Waals surface area (Å²) in [6.07, 6.45) is 0.463. The average Bonchev–Trinajstić information content (AvgIpc) is 2.26. The van der Waals surface area contributed by atoms with E-state index in [2.05, 4.69) is 4.72 Å². The van der Waals surface area contributed by atoms with Crippen LogP contribution in [0.3, 0.4) is 0 Å². The van der Waals surface area contributed by atoms with Crippen LogP contribution in [0.15, 0.2) is 30.3 Å². The van der Waals surface area contributed by atoms with Crippen molar-refractivity contribution in [2.24, 2.45) is 0 Å². The number of nitrogens with one attached hydrogen (secondary N) is 1. The van der Waals surface area contributed by atoms with E-state index in [0.717, 1.165) is 0 Å². The zero-order valence-electron chi connectivity index (χ0n) is 9.05. The quantitative estimate of drug-likeness (QED) is 0.843. The fourth-order valence-electron chi connectivity index (χ4n) is 1.25. The Morgan fingerprint density at radius 2 is 2.00 bits per heavy atom. The maximum absolute atomic E-state index is 11.7. The molecule has 1 rings (SSSR count). The molecule has 5 heteroatoms. The van der Waals surface area contributed by atoms with Gasteiger partial charge in [0.1, 0.15) is 6.04 Å². The molecule has 86 valence electrons. The van der Waals surface area contributed by atoms with Crippen molar-refractivity contribution in [1.29, 1.82) is 5.26 Å². The van der Waals surface area contributed by atoms with Crippen LogP contribution in [0, 0.1) is 11.3 Å². The lowest BCUT2D eigenvalue weighted by Crippen LogP contribution is -2.34. The summed E-state index contributed by atoms with van der Waals surface area (Å²) in [6.45, 7) is 1.76. The maximum atomic E-state index is 11.7. The molecule has 0 heterocycles. The first kappa shape index (κ1) is 12.7. The largest absolute Gasteiger partial charge is 0.216 e. The van der Waals surface area contributed by atoms with Crippen LogP contribution in [0.1, 0.15) is 18.9 Å².